The molecule has 0 spiro atoms. The molecule has 0 bridgehead atoms. The Labute approximate surface area is 152 Å². The molecule has 2 aromatic heterocycles. The van der Waals surface area contributed by atoms with Crippen molar-refractivity contribution in [2.75, 3.05) is 0 Å². The van der Waals surface area contributed by atoms with Gasteiger partial charge in [0.15, 0.2) is 10.5 Å². The molecule has 9 heteroatoms. The first-order chi connectivity index (χ1) is 12.4. The number of hydrogen-bond acceptors (Lipinski definition) is 5. The Morgan fingerprint density at radius 1 is 1.46 bits per heavy atom. The van der Waals surface area contributed by atoms with Crippen molar-refractivity contribution >= 4 is 33.1 Å². The number of carbonyl (C=O) groups is 1. The van der Waals surface area contributed by atoms with E-state index in [0.717, 1.165) is 0 Å². The average molecular weight is 369 g/mol. The van der Waals surface area contributed by atoms with Crippen LogP contribution in [0.4, 0.5) is 5.69 Å². The number of benzene rings is 1. The van der Waals surface area contributed by atoms with E-state index in [1.807, 2.05) is 13.8 Å². The smallest absolute Gasteiger partial charge is 0.300 e. The van der Waals surface area contributed by atoms with Crippen LogP contribution in [0.15, 0.2) is 35.5 Å². The number of fused-ring (bicyclic) bond motifs is 1. The number of thiazole rings is 1. The fraction of sp³-hybridized carbons (Fsp3) is 0.235. The highest BCUT2D eigenvalue weighted by molar-refractivity contribution is 7.16. The predicted molar refractivity (Wildman–Crippen MR) is 97.8 cm³/mol. The third-order valence-corrected chi connectivity index (χ3v) is 4.72. The van der Waals surface area contributed by atoms with E-state index in [2.05, 4.69) is 16.0 Å². The average Bonchev–Trinajstić information content (AvgIpc) is 3.20. The van der Waals surface area contributed by atoms with Crippen molar-refractivity contribution < 1.29 is 9.72 Å². The van der Waals surface area contributed by atoms with Gasteiger partial charge in [0.2, 0.25) is 0 Å². The van der Waals surface area contributed by atoms with Crippen LogP contribution in [0.3, 0.4) is 0 Å². The van der Waals surface area contributed by atoms with Gasteiger partial charge >= 0.3 is 0 Å². The Hall–Kier alpha value is -3.25. The Kier molecular flexibility index (Phi) is 4.69. The van der Waals surface area contributed by atoms with Gasteiger partial charge in [0.25, 0.3) is 11.6 Å². The first-order valence-electron chi connectivity index (χ1n) is 7.76. The highest BCUT2D eigenvalue weighted by atomic mass is 32.1. The van der Waals surface area contributed by atoms with Crippen LogP contribution in [0.25, 0.3) is 10.2 Å². The molecule has 0 unspecified atom stereocenters. The SMILES string of the molecule is C#CCn1c(=NC(=O)c2ccn(C(C)C)n2)sc2cc([N+](=O)[O-])ccc21. The zero-order valence-electron chi connectivity index (χ0n) is 14.1. The monoisotopic (exact) mass is 369 g/mol. The van der Waals surface area contributed by atoms with Crippen molar-refractivity contribution in [3.8, 4) is 12.3 Å². The van der Waals surface area contributed by atoms with E-state index in [1.165, 1.54) is 23.5 Å². The van der Waals surface area contributed by atoms with Crippen LogP contribution < -0.4 is 4.80 Å². The number of nitro groups is 1. The summed E-state index contributed by atoms with van der Waals surface area (Å²) in [6.07, 6.45) is 7.14. The third kappa shape index (κ3) is 3.27. The molecule has 1 amide bonds. The van der Waals surface area contributed by atoms with E-state index >= 15 is 0 Å². The number of nitrogens with zero attached hydrogens (tertiary/aromatic N) is 5. The summed E-state index contributed by atoms with van der Waals surface area (Å²) in [7, 11) is 0. The number of non-ortho nitro benzene ring substituents is 1. The lowest BCUT2D eigenvalue weighted by Gasteiger charge is -2.02. The first kappa shape index (κ1) is 17.6. The highest BCUT2D eigenvalue weighted by Gasteiger charge is 2.14. The van der Waals surface area contributed by atoms with Gasteiger partial charge in [-0.25, -0.2) is 0 Å². The van der Waals surface area contributed by atoms with E-state index in [4.69, 9.17) is 6.42 Å². The number of hydrogen-bond donors (Lipinski definition) is 0. The second-order valence-corrected chi connectivity index (χ2v) is 6.78. The van der Waals surface area contributed by atoms with E-state index in [1.54, 1.807) is 27.6 Å². The molecule has 26 heavy (non-hydrogen) atoms. The molecule has 2 heterocycles. The topological polar surface area (TPSA) is 95.3 Å². The highest BCUT2D eigenvalue weighted by Crippen LogP contribution is 2.23. The molecule has 0 N–H and O–H groups in total. The summed E-state index contributed by atoms with van der Waals surface area (Å²) >= 11 is 1.17. The van der Waals surface area contributed by atoms with Gasteiger partial charge in [-0.3, -0.25) is 19.6 Å². The van der Waals surface area contributed by atoms with E-state index in [9.17, 15) is 14.9 Å². The predicted octanol–water partition coefficient (Wildman–Crippen LogP) is 2.76. The van der Waals surface area contributed by atoms with Crippen molar-refractivity contribution in [3.05, 3.63) is 51.1 Å². The summed E-state index contributed by atoms with van der Waals surface area (Å²) in [5.41, 5.74) is 0.896. The number of terminal acetylenes is 1. The second kappa shape index (κ2) is 6.93. The standard InChI is InChI=1S/C17H15N5O3S/c1-4-8-20-14-6-5-12(22(24)25)10-15(14)26-17(20)18-16(23)13-7-9-21(19-13)11(2)3/h1,5-7,9-11H,8H2,2-3H3. The Morgan fingerprint density at radius 3 is 2.85 bits per heavy atom. The number of nitro benzene ring substituents is 1. The Bertz CT molecular complexity index is 1110. The fourth-order valence-corrected chi connectivity index (χ4v) is 3.45. The molecule has 0 radical (unpaired) electrons. The lowest BCUT2D eigenvalue weighted by atomic mass is 10.3. The van der Waals surface area contributed by atoms with Gasteiger partial charge in [0.1, 0.15) is 0 Å². The quantitative estimate of drug-likeness (QED) is 0.401. The Balaban J connectivity index is 2.11. The summed E-state index contributed by atoms with van der Waals surface area (Å²) < 4.78 is 3.99. The van der Waals surface area contributed by atoms with Crippen molar-refractivity contribution in [2.24, 2.45) is 4.99 Å². The second-order valence-electron chi connectivity index (χ2n) is 5.78. The Morgan fingerprint density at radius 2 is 2.23 bits per heavy atom. The molecule has 132 valence electrons. The van der Waals surface area contributed by atoms with Gasteiger partial charge in [0.05, 0.1) is 21.7 Å². The van der Waals surface area contributed by atoms with Crippen LogP contribution in [-0.4, -0.2) is 25.2 Å². The molecular weight excluding hydrogens is 354 g/mol. The molecule has 3 rings (SSSR count). The number of rotatable bonds is 4. The van der Waals surface area contributed by atoms with Gasteiger partial charge in [-0.05, 0) is 26.0 Å². The molecule has 0 saturated heterocycles. The summed E-state index contributed by atoms with van der Waals surface area (Å²) in [6, 6.07) is 6.20. The molecule has 3 aromatic rings. The van der Waals surface area contributed by atoms with Crippen molar-refractivity contribution in [1.29, 1.82) is 0 Å². The van der Waals surface area contributed by atoms with Crippen LogP contribution in [0.1, 0.15) is 30.4 Å². The van der Waals surface area contributed by atoms with Crippen LogP contribution in [0.2, 0.25) is 0 Å². The minimum Gasteiger partial charge on any atom is -0.305 e. The molecule has 0 atom stereocenters. The van der Waals surface area contributed by atoms with Crippen LogP contribution in [0.5, 0.6) is 0 Å². The molecule has 0 aliphatic heterocycles. The summed E-state index contributed by atoms with van der Waals surface area (Å²) in [5.74, 6) is 2.03. The van der Waals surface area contributed by atoms with E-state index < -0.39 is 10.8 Å². The van der Waals surface area contributed by atoms with Crippen LogP contribution >= 0.6 is 11.3 Å². The number of aromatic nitrogens is 3. The molecule has 8 nitrogen and oxygen atoms in total. The number of carbonyl (C=O) groups excluding carboxylic acids is 1. The minimum atomic E-state index is -0.490. The van der Waals surface area contributed by atoms with Gasteiger partial charge in [-0.15, -0.1) is 6.42 Å². The number of amides is 1. The van der Waals surface area contributed by atoms with Gasteiger partial charge < -0.3 is 4.57 Å². The molecule has 0 aliphatic rings. The van der Waals surface area contributed by atoms with Crippen LogP contribution in [-0.2, 0) is 6.54 Å². The molecular formula is C17H15N5O3S. The molecule has 0 saturated carbocycles. The van der Waals surface area contributed by atoms with Gasteiger partial charge in [-0.2, -0.15) is 10.1 Å². The largest absolute Gasteiger partial charge is 0.305 e. The molecule has 1 aromatic carbocycles. The zero-order chi connectivity index (χ0) is 18.8. The van der Waals surface area contributed by atoms with Crippen molar-refractivity contribution in [1.82, 2.24) is 14.3 Å². The lowest BCUT2D eigenvalue weighted by Crippen LogP contribution is -2.16. The van der Waals surface area contributed by atoms with E-state index in [-0.39, 0.29) is 24.0 Å². The summed E-state index contributed by atoms with van der Waals surface area (Å²) in [5, 5.41) is 15.2. The zero-order valence-corrected chi connectivity index (χ0v) is 14.9. The molecule has 0 aliphatic carbocycles. The van der Waals surface area contributed by atoms with Crippen LogP contribution in [0, 0.1) is 22.5 Å². The van der Waals surface area contributed by atoms with Gasteiger partial charge in [0, 0.05) is 24.4 Å². The first-order valence-corrected chi connectivity index (χ1v) is 8.58. The maximum absolute atomic E-state index is 12.4. The van der Waals surface area contributed by atoms with E-state index in [0.29, 0.717) is 15.0 Å². The van der Waals surface area contributed by atoms with Crippen molar-refractivity contribution in [3.63, 3.8) is 0 Å². The lowest BCUT2D eigenvalue weighted by molar-refractivity contribution is -0.384. The summed E-state index contributed by atoms with van der Waals surface area (Å²) in [4.78, 5) is 27.5. The maximum atomic E-state index is 12.4. The third-order valence-electron chi connectivity index (χ3n) is 3.68. The minimum absolute atomic E-state index is 0.0276. The summed E-state index contributed by atoms with van der Waals surface area (Å²) in [6.45, 7) is 4.11. The maximum Gasteiger partial charge on any atom is 0.300 e. The van der Waals surface area contributed by atoms with Crippen molar-refractivity contribution in [2.45, 2.75) is 26.4 Å². The normalized spacial score (nSPS) is 11.8. The van der Waals surface area contributed by atoms with Gasteiger partial charge in [-0.1, -0.05) is 17.3 Å². The fourth-order valence-electron chi connectivity index (χ4n) is 2.39. The molecule has 0 fully saturated rings.